The number of carbonyl (C=O) groups excluding carboxylic acids is 4. The highest BCUT2D eigenvalue weighted by Gasteiger charge is 2.27. The number of hydrogen-bond donors (Lipinski definition) is 4. The molecule has 0 saturated carbocycles. The molecule has 1 heterocycles. The average Bonchev–Trinajstić information content (AvgIpc) is 3.05. The van der Waals surface area contributed by atoms with Crippen LogP contribution in [0.15, 0.2) is 91.1 Å². The van der Waals surface area contributed by atoms with E-state index in [0.717, 1.165) is 5.56 Å². The van der Waals surface area contributed by atoms with Crippen LogP contribution in [0.3, 0.4) is 0 Å². The Morgan fingerprint density at radius 2 is 1.58 bits per heavy atom. The van der Waals surface area contributed by atoms with E-state index in [0.29, 0.717) is 52.1 Å². The lowest BCUT2D eigenvalue weighted by Gasteiger charge is -2.24. The first-order chi connectivity index (χ1) is 23.8. The van der Waals surface area contributed by atoms with Gasteiger partial charge in [-0.25, -0.2) is 4.79 Å². The van der Waals surface area contributed by atoms with Crippen LogP contribution in [-0.4, -0.2) is 46.5 Å². The second-order valence-corrected chi connectivity index (χ2v) is 13.8. The van der Waals surface area contributed by atoms with Crippen LogP contribution in [0.1, 0.15) is 58.6 Å². The summed E-state index contributed by atoms with van der Waals surface area (Å²) in [5.41, 5.74) is 2.83. The van der Waals surface area contributed by atoms with Crippen molar-refractivity contribution in [1.29, 1.82) is 0 Å². The second kappa shape index (κ2) is 17.4. The lowest BCUT2D eigenvalue weighted by molar-refractivity contribution is -0.130. The van der Waals surface area contributed by atoms with Crippen LogP contribution in [0.4, 0.5) is 16.2 Å². The number of pyridine rings is 1. The van der Waals surface area contributed by atoms with Crippen LogP contribution in [0.25, 0.3) is 17.0 Å². The average molecular weight is 698 g/mol. The van der Waals surface area contributed by atoms with E-state index in [-0.39, 0.29) is 5.92 Å². The van der Waals surface area contributed by atoms with Crippen LogP contribution in [-0.2, 0) is 25.5 Å². The maximum absolute atomic E-state index is 13.7. The van der Waals surface area contributed by atoms with Gasteiger partial charge in [0.1, 0.15) is 17.7 Å². The number of anilines is 2. The molecule has 11 heteroatoms. The summed E-state index contributed by atoms with van der Waals surface area (Å²) in [6, 6.07) is 21.7. The third-order valence-electron chi connectivity index (χ3n) is 7.48. The zero-order chi connectivity index (χ0) is 36.3. The highest BCUT2D eigenvalue weighted by atomic mass is 35.5. The fourth-order valence-corrected chi connectivity index (χ4v) is 5.31. The smallest absolute Gasteiger partial charge is 0.412 e. The minimum absolute atomic E-state index is 0.0756. The number of aromatic nitrogens is 1. The number of halogens is 1. The molecule has 4 rings (SSSR count). The van der Waals surface area contributed by atoms with Gasteiger partial charge in [-0.3, -0.25) is 24.7 Å². The fourth-order valence-electron chi connectivity index (χ4n) is 5.14. The van der Waals surface area contributed by atoms with Gasteiger partial charge in [-0.2, -0.15) is 0 Å². The number of ether oxygens (including phenoxy) is 1. The normalized spacial score (nSPS) is 12.7. The quantitative estimate of drug-likeness (QED) is 0.107. The molecule has 0 radical (unpaired) electrons. The van der Waals surface area contributed by atoms with Crippen molar-refractivity contribution in [1.82, 2.24) is 15.6 Å². The van der Waals surface area contributed by atoms with Crippen LogP contribution in [0.2, 0.25) is 5.02 Å². The molecule has 0 unspecified atom stereocenters. The number of rotatable bonds is 13. The van der Waals surface area contributed by atoms with Crippen LogP contribution in [0, 0.1) is 5.92 Å². The largest absolute Gasteiger partial charge is 0.444 e. The number of hydrogen-bond acceptors (Lipinski definition) is 6. The predicted molar refractivity (Wildman–Crippen MR) is 199 cm³/mol. The lowest BCUT2D eigenvalue weighted by atomic mass is 10.0. The number of aryl methyl sites for hydroxylation is 1. The van der Waals surface area contributed by atoms with Gasteiger partial charge in [-0.1, -0.05) is 67.9 Å². The van der Waals surface area contributed by atoms with E-state index in [2.05, 4.69) is 26.3 Å². The van der Waals surface area contributed by atoms with E-state index in [1.807, 2.05) is 44.2 Å². The first kappa shape index (κ1) is 37.6. The number of fused-ring (bicyclic) bond motifs is 1. The molecule has 0 fully saturated rings. The van der Waals surface area contributed by atoms with Crippen molar-refractivity contribution in [3.05, 3.63) is 107 Å². The van der Waals surface area contributed by atoms with Crippen molar-refractivity contribution in [2.24, 2.45) is 5.92 Å². The zero-order valence-corrected chi connectivity index (χ0v) is 29.7. The Kier molecular flexibility index (Phi) is 13.1. The lowest BCUT2D eigenvalue weighted by Crippen LogP contribution is -2.53. The van der Waals surface area contributed by atoms with Crippen LogP contribution in [0.5, 0.6) is 0 Å². The summed E-state index contributed by atoms with van der Waals surface area (Å²) in [6.07, 6.45) is 5.21. The molecule has 50 heavy (non-hydrogen) atoms. The van der Waals surface area contributed by atoms with Crippen molar-refractivity contribution < 1.29 is 23.9 Å². The van der Waals surface area contributed by atoms with Gasteiger partial charge in [0, 0.05) is 28.4 Å². The van der Waals surface area contributed by atoms with Gasteiger partial charge in [0.25, 0.3) is 0 Å². The third-order valence-corrected chi connectivity index (χ3v) is 7.72. The van der Waals surface area contributed by atoms with Gasteiger partial charge < -0.3 is 20.7 Å². The van der Waals surface area contributed by atoms with E-state index in [4.69, 9.17) is 16.3 Å². The molecule has 0 aliphatic carbocycles. The van der Waals surface area contributed by atoms with Gasteiger partial charge in [-0.05, 0) is 99.6 Å². The Balaban J connectivity index is 1.45. The topological polar surface area (TPSA) is 139 Å². The molecule has 0 spiro atoms. The molecular weight excluding hydrogens is 654 g/mol. The Morgan fingerprint density at radius 3 is 2.26 bits per heavy atom. The van der Waals surface area contributed by atoms with Gasteiger partial charge >= 0.3 is 6.09 Å². The molecular formula is C39H44ClN5O5. The van der Waals surface area contributed by atoms with Crippen LogP contribution >= 0.6 is 11.6 Å². The summed E-state index contributed by atoms with van der Waals surface area (Å²) in [5.74, 6) is -1.24. The van der Waals surface area contributed by atoms with Crippen molar-refractivity contribution in [2.75, 3.05) is 10.6 Å². The van der Waals surface area contributed by atoms with Crippen molar-refractivity contribution >= 4 is 63.8 Å². The zero-order valence-electron chi connectivity index (χ0n) is 29.0. The predicted octanol–water partition coefficient (Wildman–Crippen LogP) is 7.54. The van der Waals surface area contributed by atoms with E-state index in [1.54, 1.807) is 81.6 Å². The highest BCUT2D eigenvalue weighted by Crippen LogP contribution is 2.25. The Labute approximate surface area is 298 Å². The first-order valence-corrected chi connectivity index (χ1v) is 16.9. The molecule has 4 N–H and O–H groups in total. The third kappa shape index (κ3) is 12.0. The van der Waals surface area contributed by atoms with Crippen molar-refractivity contribution in [3.63, 3.8) is 0 Å². The summed E-state index contributed by atoms with van der Waals surface area (Å²) >= 11 is 6.15. The van der Waals surface area contributed by atoms with Crippen molar-refractivity contribution in [3.8, 4) is 0 Å². The number of carbonyl (C=O) groups is 4. The maximum Gasteiger partial charge on any atom is 0.412 e. The minimum atomic E-state index is -0.895. The fraction of sp³-hybridized carbons (Fsp3) is 0.308. The molecule has 10 nitrogen and oxygen atoms in total. The molecule has 2 atom stereocenters. The molecule has 0 saturated heterocycles. The molecule has 0 aliphatic heterocycles. The summed E-state index contributed by atoms with van der Waals surface area (Å²) in [6.45, 7) is 9.26. The molecule has 0 bridgehead atoms. The van der Waals surface area contributed by atoms with E-state index < -0.39 is 41.5 Å². The second-order valence-electron chi connectivity index (χ2n) is 13.4. The summed E-state index contributed by atoms with van der Waals surface area (Å²) in [7, 11) is 0. The number of nitrogens with one attached hydrogen (secondary N) is 4. The number of nitrogens with zero attached hydrogens (tertiary/aromatic N) is 1. The van der Waals surface area contributed by atoms with Gasteiger partial charge in [0.05, 0.1) is 11.2 Å². The Hall–Kier alpha value is -5.22. The van der Waals surface area contributed by atoms with Gasteiger partial charge in [-0.15, -0.1) is 0 Å². The first-order valence-electron chi connectivity index (χ1n) is 16.5. The number of amides is 4. The summed E-state index contributed by atoms with van der Waals surface area (Å²) in [5, 5.41) is 12.6. The van der Waals surface area contributed by atoms with Crippen LogP contribution < -0.4 is 21.3 Å². The van der Waals surface area contributed by atoms with Gasteiger partial charge in [0.2, 0.25) is 17.7 Å². The molecule has 262 valence electrons. The molecule has 3 aromatic carbocycles. The minimum Gasteiger partial charge on any atom is -0.444 e. The van der Waals surface area contributed by atoms with Gasteiger partial charge in [0.15, 0.2) is 0 Å². The standard InChI is InChI=1S/C39H44ClN5O5/c1-25(2)23-34(43-35(46)20-14-27-11-16-29(17-12-27)42-38(49)50-39(3,4)5)37(48)45-32(19-13-26-9-7-6-8-10-26)36(47)44-31-21-22-41-33-24-28(40)15-18-30(31)33/h6-12,14-18,20-22,24-25,32,34H,13,19,23H2,1-5H3,(H,42,49)(H,43,46)(H,45,48)(H,41,44,47)/b20-14+/t32-,34-/m1/s1. The van der Waals surface area contributed by atoms with E-state index in [1.165, 1.54) is 6.08 Å². The van der Waals surface area contributed by atoms with E-state index >= 15 is 0 Å². The Bertz CT molecular complexity index is 1820. The summed E-state index contributed by atoms with van der Waals surface area (Å²) in [4.78, 5) is 56.9. The molecule has 0 aliphatic rings. The highest BCUT2D eigenvalue weighted by molar-refractivity contribution is 6.31. The Morgan fingerprint density at radius 1 is 0.860 bits per heavy atom. The molecule has 4 amide bonds. The maximum atomic E-state index is 13.7. The molecule has 1 aromatic heterocycles. The number of benzene rings is 3. The monoisotopic (exact) mass is 697 g/mol. The molecule has 4 aromatic rings. The SMILES string of the molecule is CC(C)C[C@@H](NC(=O)/C=C/c1ccc(NC(=O)OC(C)(C)C)cc1)C(=O)N[C@H](CCc1ccccc1)C(=O)Nc1ccnc2cc(Cl)ccc12. The van der Waals surface area contributed by atoms with E-state index in [9.17, 15) is 19.2 Å². The van der Waals surface area contributed by atoms with Crippen molar-refractivity contribution in [2.45, 2.75) is 71.6 Å². The summed E-state index contributed by atoms with van der Waals surface area (Å²) < 4.78 is 5.27.